The van der Waals surface area contributed by atoms with Crippen LogP contribution in [0, 0.1) is 5.92 Å². The van der Waals surface area contributed by atoms with Gasteiger partial charge < -0.3 is 10.3 Å². The number of rotatable bonds is 5. The lowest BCUT2D eigenvalue weighted by Gasteiger charge is -2.17. The molecule has 3 rings (SSSR count). The van der Waals surface area contributed by atoms with Crippen molar-refractivity contribution in [3.05, 3.63) is 26.6 Å². The molecule has 0 saturated carbocycles. The largest absolute Gasteiger partial charge is 0.309 e. The van der Waals surface area contributed by atoms with E-state index >= 15 is 0 Å². The zero-order chi connectivity index (χ0) is 15.7. The van der Waals surface area contributed by atoms with Crippen molar-refractivity contribution in [1.29, 1.82) is 0 Å². The van der Waals surface area contributed by atoms with Crippen LogP contribution in [0.15, 0.2) is 4.79 Å². The lowest BCUT2D eigenvalue weighted by atomic mass is 9.89. The number of H-pyrrole nitrogens is 1. The molecule has 5 heteroatoms. The van der Waals surface area contributed by atoms with Gasteiger partial charge in [-0.05, 0) is 50.6 Å². The van der Waals surface area contributed by atoms with Crippen molar-refractivity contribution in [2.75, 3.05) is 6.54 Å². The fourth-order valence-corrected chi connectivity index (χ4v) is 4.55. The van der Waals surface area contributed by atoms with Gasteiger partial charge in [-0.25, -0.2) is 4.98 Å². The van der Waals surface area contributed by atoms with Gasteiger partial charge in [0.15, 0.2) is 0 Å². The van der Waals surface area contributed by atoms with Crippen molar-refractivity contribution < 1.29 is 0 Å². The van der Waals surface area contributed by atoms with E-state index < -0.39 is 0 Å². The summed E-state index contributed by atoms with van der Waals surface area (Å²) in [5.74, 6) is 1.48. The zero-order valence-corrected chi connectivity index (χ0v) is 14.5. The van der Waals surface area contributed by atoms with Crippen molar-refractivity contribution in [3.63, 3.8) is 0 Å². The molecule has 0 spiro atoms. The molecule has 0 unspecified atom stereocenters. The third kappa shape index (κ3) is 2.97. The van der Waals surface area contributed by atoms with E-state index in [9.17, 15) is 4.79 Å². The predicted molar refractivity (Wildman–Crippen MR) is 92.8 cm³/mol. The Morgan fingerprint density at radius 2 is 2.32 bits per heavy atom. The molecule has 4 nitrogen and oxygen atoms in total. The molecule has 0 radical (unpaired) electrons. The van der Waals surface area contributed by atoms with E-state index in [2.05, 4.69) is 31.1 Å². The first kappa shape index (κ1) is 15.7. The van der Waals surface area contributed by atoms with E-state index in [-0.39, 0.29) is 11.6 Å². The topological polar surface area (TPSA) is 57.8 Å². The molecule has 120 valence electrons. The minimum atomic E-state index is 0.0381. The Kier molecular flexibility index (Phi) is 4.64. The summed E-state index contributed by atoms with van der Waals surface area (Å²) in [7, 11) is 0. The van der Waals surface area contributed by atoms with Crippen LogP contribution in [0.5, 0.6) is 0 Å². The second kappa shape index (κ2) is 6.50. The first-order valence-electron chi connectivity index (χ1n) is 8.38. The molecule has 2 atom stereocenters. The Bertz CT molecular complexity index is 718. The molecule has 22 heavy (non-hydrogen) atoms. The highest BCUT2D eigenvalue weighted by molar-refractivity contribution is 7.18. The number of aromatic nitrogens is 2. The van der Waals surface area contributed by atoms with Gasteiger partial charge in [-0.1, -0.05) is 20.3 Å². The van der Waals surface area contributed by atoms with Crippen LogP contribution in [0.2, 0.25) is 0 Å². The maximum Gasteiger partial charge on any atom is 0.259 e. The summed E-state index contributed by atoms with van der Waals surface area (Å²) in [5, 5.41) is 4.28. The zero-order valence-electron chi connectivity index (χ0n) is 13.7. The molecule has 2 heterocycles. The highest BCUT2D eigenvalue weighted by Crippen LogP contribution is 2.35. The van der Waals surface area contributed by atoms with Gasteiger partial charge in [0.1, 0.15) is 10.7 Å². The predicted octanol–water partition coefficient (Wildman–Crippen LogP) is 3.56. The summed E-state index contributed by atoms with van der Waals surface area (Å²) >= 11 is 1.72. The van der Waals surface area contributed by atoms with Crippen molar-refractivity contribution in [3.8, 4) is 0 Å². The van der Waals surface area contributed by atoms with Gasteiger partial charge in [-0.15, -0.1) is 11.3 Å². The lowest BCUT2D eigenvalue weighted by Crippen LogP contribution is -2.24. The molecule has 0 amide bonds. The summed E-state index contributed by atoms with van der Waals surface area (Å²) in [5.41, 5.74) is 1.29. The van der Waals surface area contributed by atoms with Crippen molar-refractivity contribution in [2.24, 2.45) is 5.92 Å². The number of fused-ring (bicyclic) bond motifs is 3. The van der Waals surface area contributed by atoms with E-state index in [1.54, 1.807) is 11.3 Å². The van der Waals surface area contributed by atoms with Gasteiger partial charge >= 0.3 is 0 Å². The molecular formula is C17H25N3OS. The van der Waals surface area contributed by atoms with Crippen LogP contribution in [0.4, 0.5) is 0 Å². The summed E-state index contributed by atoms with van der Waals surface area (Å²) in [6, 6.07) is 0.0849. The Labute approximate surface area is 135 Å². The second-order valence-corrected chi connectivity index (χ2v) is 7.60. The van der Waals surface area contributed by atoms with E-state index in [0.29, 0.717) is 5.92 Å². The quantitative estimate of drug-likeness (QED) is 0.829. The third-order valence-electron chi connectivity index (χ3n) is 4.57. The number of hydrogen-bond acceptors (Lipinski definition) is 4. The van der Waals surface area contributed by atoms with Crippen molar-refractivity contribution in [1.82, 2.24) is 15.3 Å². The fraction of sp³-hybridized carbons (Fsp3) is 0.647. The Hall–Kier alpha value is -1.20. The minimum absolute atomic E-state index is 0.0381. The summed E-state index contributed by atoms with van der Waals surface area (Å²) < 4.78 is 0. The van der Waals surface area contributed by atoms with Crippen molar-refractivity contribution >= 4 is 21.6 Å². The van der Waals surface area contributed by atoms with E-state index in [1.165, 1.54) is 23.3 Å². The molecular weight excluding hydrogens is 294 g/mol. The number of thiophene rings is 1. The highest BCUT2D eigenvalue weighted by atomic mass is 32.1. The van der Waals surface area contributed by atoms with Gasteiger partial charge in [0.25, 0.3) is 5.56 Å². The van der Waals surface area contributed by atoms with Crippen LogP contribution in [-0.2, 0) is 12.8 Å². The first-order chi connectivity index (χ1) is 10.6. The van der Waals surface area contributed by atoms with Crippen LogP contribution >= 0.6 is 11.3 Å². The molecule has 0 bridgehead atoms. The number of unbranched alkanes of at least 4 members (excludes halogenated alkanes) is 1. The monoisotopic (exact) mass is 319 g/mol. The Balaban J connectivity index is 1.94. The standard InChI is InChI=1S/C17H25N3OS/c1-4-5-8-18-11(3)15-19-16(21)14-12-7-6-10(2)9-13(12)22-17(14)20-15/h10-11,18H,4-9H2,1-3H3,(H,19,20,21)/t10-,11+/m1/s1. The second-order valence-electron chi connectivity index (χ2n) is 6.51. The van der Waals surface area contributed by atoms with Crippen LogP contribution in [0.1, 0.15) is 62.3 Å². The third-order valence-corrected chi connectivity index (χ3v) is 5.72. The maximum atomic E-state index is 12.5. The average molecular weight is 319 g/mol. The van der Waals surface area contributed by atoms with Crippen LogP contribution in [0.3, 0.4) is 0 Å². The SMILES string of the molecule is CCCCN[C@@H](C)c1nc2sc3c(c2c(=O)[nH]1)CC[C@@H](C)C3. The number of nitrogens with zero attached hydrogens (tertiary/aromatic N) is 1. The molecule has 0 fully saturated rings. The summed E-state index contributed by atoms with van der Waals surface area (Å²) in [6.45, 7) is 7.49. The smallest absolute Gasteiger partial charge is 0.259 e. The first-order valence-corrected chi connectivity index (χ1v) is 9.19. The molecule has 2 aromatic heterocycles. The van der Waals surface area contributed by atoms with Crippen LogP contribution < -0.4 is 10.9 Å². The molecule has 2 N–H and O–H groups in total. The average Bonchev–Trinajstić information content (AvgIpc) is 2.84. The number of aromatic amines is 1. The number of hydrogen-bond donors (Lipinski definition) is 2. The molecule has 0 aliphatic heterocycles. The van der Waals surface area contributed by atoms with Crippen molar-refractivity contribution in [2.45, 2.75) is 58.9 Å². The molecule has 0 aromatic carbocycles. The van der Waals surface area contributed by atoms with Gasteiger partial charge in [-0.2, -0.15) is 0 Å². The maximum absolute atomic E-state index is 12.5. The molecule has 0 saturated heterocycles. The minimum Gasteiger partial charge on any atom is -0.309 e. The normalized spacial score (nSPS) is 19.3. The van der Waals surface area contributed by atoms with E-state index in [4.69, 9.17) is 4.98 Å². The number of aryl methyl sites for hydroxylation is 1. The molecule has 1 aliphatic rings. The molecule has 1 aliphatic carbocycles. The summed E-state index contributed by atoms with van der Waals surface area (Å²) in [6.07, 6.45) is 5.59. The van der Waals surface area contributed by atoms with E-state index in [1.807, 2.05) is 0 Å². The van der Waals surface area contributed by atoms with Gasteiger partial charge in [-0.3, -0.25) is 4.79 Å². The van der Waals surface area contributed by atoms with Gasteiger partial charge in [0.05, 0.1) is 11.4 Å². The number of nitrogens with one attached hydrogen (secondary N) is 2. The van der Waals surface area contributed by atoms with E-state index in [0.717, 1.165) is 41.8 Å². The Morgan fingerprint density at radius 3 is 3.09 bits per heavy atom. The fourth-order valence-electron chi connectivity index (χ4n) is 3.16. The van der Waals surface area contributed by atoms with Crippen LogP contribution in [-0.4, -0.2) is 16.5 Å². The summed E-state index contributed by atoms with van der Waals surface area (Å²) in [4.78, 5) is 22.6. The highest BCUT2D eigenvalue weighted by Gasteiger charge is 2.23. The molecule has 2 aromatic rings. The Morgan fingerprint density at radius 1 is 1.50 bits per heavy atom. The van der Waals surface area contributed by atoms with Crippen LogP contribution in [0.25, 0.3) is 10.2 Å². The van der Waals surface area contributed by atoms with Gasteiger partial charge in [0.2, 0.25) is 0 Å². The van der Waals surface area contributed by atoms with Gasteiger partial charge in [0, 0.05) is 4.88 Å². The lowest BCUT2D eigenvalue weighted by molar-refractivity contribution is 0.509.